The molecule has 43 heavy (non-hydrogen) atoms. The molecule has 2 fully saturated rings. The molecule has 2 aliphatic carbocycles. The molecule has 0 bridgehead atoms. The third-order valence-corrected chi connectivity index (χ3v) is 8.22. The fraction of sp³-hybridized carbons (Fsp3) is 0.344. The van der Waals surface area contributed by atoms with E-state index in [2.05, 4.69) is 10.3 Å². The number of carbonyl (C=O) groups excluding carboxylic acids is 3. The number of nitrogens with zero attached hydrogens (tertiary/aromatic N) is 4. The standard InChI is InChI=1S/C22H21F3N2O2.C10H9N3O/c1-14-4-2-7-19-18(14)8-9-22(19,20(29)26-16-11-21(24,25)12-16)27(13-28)17-6-3-5-15(23)10-17;11-7-8-3-4-12-9(6-8)13-5-1-2-10(13)14/h2-7,10,13,16H,8-9,11-12H2,1H3,(H,26,29);3-4,6H,1-2,5H2/t22-;/m1./s1. The second-order valence-electron chi connectivity index (χ2n) is 11.0. The molecule has 3 aromatic rings. The number of nitriles is 1. The molecule has 1 atom stereocenters. The molecule has 1 N–H and O–H groups in total. The minimum atomic E-state index is -2.78. The van der Waals surface area contributed by atoms with Crippen LogP contribution in [0.15, 0.2) is 60.8 Å². The SMILES string of the molecule is Cc1cccc2c1CC[C@@]2(C(=O)NC1CC(F)(F)C1)N(C=O)c1cccc(F)c1.N#Cc1ccnc(N2CCCC2=O)c1. The van der Waals surface area contributed by atoms with Gasteiger partial charge in [-0.05, 0) is 73.2 Å². The molecular formula is C32H30F3N5O3. The molecule has 2 aromatic carbocycles. The first-order valence-electron chi connectivity index (χ1n) is 14.0. The van der Waals surface area contributed by atoms with Gasteiger partial charge in [-0.3, -0.25) is 24.2 Å². The van der Waals surface area contributed by atoms with Crippen molar-refractivity contribution in [3.8, 4) is 6.07 Å². The number of aryl methyl sites for hydroxylation is 1. The van der Waals surface area contributed by atoms with E-state index in [4.69, 9.17) is 5.26 Å². The van der Waals surface area contributed by atoms with Gasteiger partial charge in [-0.1, -0.05) is 24.3 Å². The van der Waals surface area contributed by atoms with E-state index in [1.807, 2.05) is 19.1 Å². The van der Waals surface area contributed by atoms with Crippen LogP contribution in [0.4, 0.5) is 24.7 Å². The number of nitrogens with one attached hydrogen (secondary N) is 1. The second kappa shape index (κ2) is 11.9. The summed E-state index contributed by atoms with van der Waals surface area (Å²) in [5.74, 6) is -3.15. The molecule has 222 valence electrons. The fourth-order valence-electron chi connectivity index (χ4n) is 6.05. The Morgan fingerprint density at radius 3 is 2.58 bits per heavy atom. The van der Waals surface area contributed by atoms with E-state index in [1.165, 1.54) is 23.1 Å². The first-order chi connectivity index (χ1) is 20.6. The predicted molar refractivity (Wildman–Crippen MR) is 153 cm³/mol. The van der Waals surface area contributed by atoms with Gasteiger partial charge in [-0.25, -0.2) is 18.2 Å². The molecule has 3 amide bonds. The summed E-state index contributed by atoms with van der Waals surface area (Å²) in [6.45, 7) is 2.63. The number of alkyl halides is 2. The van der Waals surface area contributed by atoms with Gasteiger partial charge in [0, 0.05) is 43.7 Å². The number of fused-ring (bicyclic) bond motifs is 1. The Morgan fingerprint density at radius 2 is 1.93 bits per heavy atom. The highest BCUT2D eigenvalue weighted by atomic mass is 19.3. The van der Waals surface area contributed by atoms with Gasteiger partial charge in [0.25, 0.3) is 11.8 Å². The number of halogens is 3. The Morgan fingerprint density at radius 1 is 1.16 bits per heavy atom. The lowest BCUT2D eigenvalue weighted by atomic mass is 9.84. The maximum atomic E-state index is 13.9. The largest absolute Gasteiger partial charge is 0.351 e. The molecule has 8 nitrogen and oxygen atoms in total. The lowest BCUT2D eigenvalue weighted by Crippen LogP contribution is -2.60. The van der Waals surface area contributed by atoms with Crippen LogP contribution in [-0.4, -0.2) is 41.7 Å². The maximum absolute atomic E-state index is 13.9. The number of benzene rings is 2. The molecule has 0 unspecified atom stereocenters. The Balaban J connectivity index is 0.000000220. The fourth-order valence-corrected chi connectivity index (χ4v) is 6.05. The highest BCUT2D eigenvalue weighted by Gasteiger charge is 2.53. The monoisotopic (exact) mass is 589 g/mol. The van der Waals surface area contributed by atoms with Crippen molar-refractivity contribution in [2.24, 2.45) is 0 Å². The minimum Gasteiger partial charge on any atom is -0.351 e. The number of amides is 3. The zero-order chi connectivity index (χ0) is 30.8. The second-order valence-corrected chi connectivity index (χ2v) is 11.0. The predicted octanol–water partition coefficient (Wildman–Crippen LogP) is 4.93. The topological polar surface area (TPSA) is 106 Å². The van der Waals surface area contributed by atoms with Crippen LogP contribution in [0.3, 0.4) is 0 Å². The summed E-state index contributed by atoms with van der Waals surface area (Å²) in [4.78, 5) is 44.0. The van der Waals surface area contributed by atoms with Crippen molar-refractivity contribution in [2.75, 3.05) is 16.3 Å². The molecule has 2 heterocycles. The zero-order valence-electron chi connectivity index (χ0n) is 23.5. The van der Waals surface area contributed by atoms with Crippen molar-refractivity contribution in [1.82, 2.24) is 10.3 Å². The molecule has 6 rings (SSSR count). The van der Waals surface area contributed by atoms with Crippen LogP contribution in [0.2, 0.25) is 0 Å². The maximum Gasteiger partial charge on any atom is 0.252 e. The molecule has 1 aromatic heterocycles. The van der Waals surface area contributed by atoms with E-state index in [-0.39, 0.29) is 18.0 Å². The van der Waals surface area contributed by atoms with E-state index in [0.717, 1.165) is 17.5 Å². The summed E-state index contributed by atoms with van der Waals surface area (Å²) in [7, 11) is 0. The summed E-state index contributed by atoms with van der Waals surface area (Å²) in [6.07, 6.45) is 3.52. The van der Waals surface area contributed by atoms with Crippen LogP contribution >= 0.6 is 0 Å². The van der Waals surface area contributed by atoms with E-state index in [9.17, 15) is 27.6 Å². The zero-order valence-corrected chi connectivity index (χ0v) is 23.5. The number of carbonyl (C=O) groups is 3. The van der Waals surface area contributed by atoms with Gasteiger partial charge in [0.2, 0.25) is 12.3 Å². The highest BCUT2D eigenvalue weighted by molar-refractivity contribution is 5.99. The molecule has 3 aliphatic rings. The Bertz CT molecular complexity index is 1600. The Labute approximate surface area is 247 Å². The van der Waals surface area contributed by atoms with Crippen LogP contribution in [0.25, 0.3) is 0 Å². The first-order valence-corrected chi connectivity index (χ1v) is 14.0. The average molecular weight is 590 g/mol. The van der Waals surface area contributed by atoms with Gasteiger partial charge in [-0.15, -0.1) is 0 Å². The van der Waals surface area contributed by atoms with Gasteiger partial charge < -0.3 is 5.32 Å². The normalized spacial score (nSPS) is 20.3. The molecule has 1 saturated carbocycles. The van der Waals surface area contributed by atoms with E-state index < -0.39 is 42.1 Å². The number of anilines is 2. The van der Waals surface area contributed by atoms with Crippen molar-refractivity contribution >= 4 is 29.7 Å². The molecule has 1 aliphatic heterocycles. The van der Waals surface area contributed by atoms with Crippen molar-refractivity contribution in [1.29, 1.82) is 5.26 Å². The summed E-state index contributed by atoms with van der Waals surface area (Å²) in [6, 6.07) is 15.6. The molecule has 0 spiro atoms. The molecule has 1 saturated heterocycles. The van der Waals surface area contributed by atoms with Gasteiger partial charge in [0.15, 0.2) is 5.54 Å². The highest BCUT2D eigenvalue weighted by Crippen LogP contribution is 2.46. The van der Waals surface area contributed by atoms with Gasteiger partial charge >= 0.3 is 0 Å². The number of pyridine rings is 1. The average Bonchev–Trinajstić information content (AvgIpc) is 3.58. The smallest absolute Gasteiger partial charge is 0.252 e. The van der Waals surface area contributed by atoms with Crippen LogP contribution in [0.5, 0.6) is 0 Å². The third-order valence-electron chi connectivity index (χ3n) is 8.22. The van der Waals surface area contributed by atoms with Crippen LogP contribution in [-0.2, 0) is 26.3 Å². The molecule has 11 heteroatoms. The lowest BCUT2D eigenvalue weighted by molar-refractivity contribution is -0.135. The van der Waals surface area contributed by atoms with Gasteiger partial charge in [-0.2, -0.15) is 5.26 Å². The van der Waals surface area contributed by atoms with Crippen molar-refractivity contribution in [3.05, 3.63) is 88.9 Å². The Kier molecular flexibility index (Phi) is 8.22. The van der Waals surface area contributed by atoms with E-state index >= 15 is 0 Å². The lowest BCUT2D eigenvalue weighted by Gasteiger charge is -2.42. The number of aromatic nitrogens is 1. The van der Waals surface area contributed by atoms with Gasteiger partial charge in [0.1, 0.15) is 11.6 Å². The Hall–Kier alpha value is -4.72. The molecular weight excluding hydrogens is 559 g/mol. The summed E-state index contributed by atoms with van der Waals surface area (Å²) < 4.78 is 40.4. The van der Waals surface area contributed by atoms with Crippen molar-refractivity contribution < 1.29 is 27.6 Å². The van der Waals surface area contributed by atoms with E-state index in [1.54, 1.807) is 41.4 Å². The quantitative estimate of drug-likeness (QED) is 0.411. The summed E-state index contributed by atoms with van der Waals surface area (Å²) in [5.41, 5.74) is 1.94. The number of hydrogen-bond donors (Lipinski definition) is 1. The summed E-state index contributed by atoms with van der Waals surface area (Å²) in [5, 5.41) is 11.4. The third kappa shape index (κ3) is 5.82. The van der Waals surface area contributed by atoms with Crippen LogP contribution in [0, 0.1) is 24.1 Å². The first kappa shape index (κ1) is 29.8. The summed E-state index contributed by atoms with van der Waals surface area (Å²) >= 11 is 0. The minimum absolute atomic E-state index is 0.0904. The number of hydrogen-bond acceptors (Lipinski definition) is 5. The van der Waals surface area contributed by atoms with Crippen LogP contribution < -0.4 is 15.1 Å². The van der Waals surface area contributed by atoms with Crippen LogP contribution in [0.1, 0.15) is 54.4 Å². The molecule has 0 radical (unpaired) electrons. The number of rotatable bonds is 6. The van der Waals surface area contributed by atoms with Crippen molar-refractivity contribution in [3.63, 3.8) is 0 Å². The van der Waals surface area contributed by atoms with Crippen molar-refractivity contribution in [2.45, 2.75) is 63.0 Å². The van der Waals surface area contributed by atoms with E-state index in [0.29, 0.717) is 42.7 Å². The van der Waals surface area contributed by atoms with Gasteiger partial charge in [0.05, 0.1) is 11.6 Å².